The fraction of sp³-hybridized carbons (Fsp3) is 0.667. The van der Waals surface area contributed by atoms with Crippen LogP contribution < -0.4 is 15.4 Å². The molecule has 0 bridgehead atoms. The number of benzene rings is 1. The molecule has 1 aromatic carbocycles. The number of rotatable bonds is 7. The van der Waals surface area contributed by atoms with Crippen LogP contribution in [0.3, 0.4) is 0 Å². The number of nitrogens with one attached hydrogen (secondary N) is 2. The number of likely N-dealkylation sites (tertiary alicyclic amines) is 1. The molecule has 7 heteroatoms. The van der Waals surface area contributed by atoms with Gasteiger partial charge in [-0.25, -0.2) is 0 Å². The second-order valence-electron chi connectivity index (χ2n) is 7.54. The molecule has 3 rings (SSSR count). The molecule has 1 unspecified atom stereocenters. The summed E-state index contributed by atoms with van der Waals surface area (Å²) in [6, 6.07) is 8.44. The molecule has 0 aliphatic carbocycles. The Balaban J connectivity index is 0.00000280. The minimum atomic E-state index is 0. The van der Waals surface area contributed by atoms with Crippen LogP contribution >= 0.6 is 35.7 Å². The summed E-state index contributed by atoms with van der Waals surface area (Å²) in [5.74, 6) is 3.93. The van der Waals surface area contributed by atoms with Crippen molar-refractivity contribution < 1.29 is 4.74 Å². The van der Waals surface area contributed by atoms with Crippen molar-refractivity contribution in [2.24, 2.45) is 10.9 Å². The number of halogens is 1. The number of methoxy groups -OCH3 is 1. The maximum absolute atomic E-state index is 5.24. The van der Waals surface area contributed by atoms with Gasteiger partial charge in [0.15, 0.2) is 5.96 Å². The van der Waals surface area contributed by atoms with Crippen molar-refractivity contribution in [1.29, 1.82) is 0 Å². The van der Waals surface area contributed by atoms with Crippen molar-refractivity contribution in [3.05, 3.63) is 29.8 Å². The second-order valence-corrected chi connectivity index (χ2v) is 8.94. The van der Waals surface area contributed by atoms with Crippen LogP contribution in [0.4, 0.5) is 0 Å². The maximum Gasteiger partial charge on any atom is 0.191 e. The largest absolute Gasteiger partial charge is 0.497 e. The molecule has 2 aliphatic rings. The lowest BCUT2D eigenvalue weighted by Crippen LogP contribution is -2.44. The number of ether oxygens (including phenoxy) is 1. The summed E-state index contributed by atoms with van der Waals surface area (Å²) in [5, 5.41) is 7.79. The number of thioether (sulfide) groups is 1. The zero-order valence-electron chi connectivity index (χ0n) is 17.2. The number of hydrogen-bond acceptors (Lipinski definition) is 4. The number of aliphatic imine (C=N–C) groups is 1. The minimum Gasteiger partial charge on any atom is -0.497 e. The molecule has 5 nitrogen and oxygen atoms in total. The molecule has 0 aromatic heterocycles. The van der Waals surface area contributed by atoms with Gasteiger partial charge < -0.3 is 15.4 Å². The van der Waals surface area contributed by atoms with Crippen LogP contribution in [0.5, 0.6) is 5.75 Å². The third-order valence-corrected chi connectivity index (χ3v) is 6.97. The molecule has 2 aliphatic heterocycles. The van der Waals surface area contributed by atoms with Crippen LogP contribution in [0.1, 0.15) is 31.2 Å². The summed E-state index contributed by atoms with van der Waals surface area (Å²) < 4.78 is 5.24. The lowest BCUT2D eigenvalue weighted by Gasteiger charge is -2.32. The van der Waals surface area contributed by atoms with E-state index in [9.17, 15) is 0 Å². The predicted octanol–water partition coefficient (Wildman–Crippen LogP) is 3.59. The predicted molar refractivity (Wildman–Crippen MR) is 131 cm³/mol. The van der Waals surface area contributed by atoms with E-state index < -0.39 is 0 Å². The molecule has 0 amide bonds. The first-order chi connectivity index (χ1) is 13.3. The lowest BCUT2D eigenvalue weighted by molar-refractivity contribution is 0.178. The fourth-order valence-electron chi connectivity index (χ4n) is 3.82. The Labute approximate surface area is 191 Å². The highest BCUT2D eigenvalue weighted by Crippen LogP contribution is 2.25. The van der Waals surface area contributed by atoms with Crippen molar-refractivity contribution in [1.82, 2.24) is 15.5 Å². The number of nitrogens with zero attached hydrogens (tertiary/aromatic N) is 2. The van der Waals surface area contributed by atoms with Gasteiger partial charge in [0.05, 0.1) is 7.11 Å². The zero-order valence-corrected chi connectivity index (χ0v) is 20.3. The van der Waals surface area contributed by atoms with Gasteiger partial charge in [-0.1, -0.05) is 12.1 Å². The third-order valence-electron chi connectivity index (χ3n) is 5.58. The minimum absolute atomic E-state index is 0. The molecule has 158 valence electrons. The van der Waals surface area contributed by atoms with Gasteiger partial charge in [0, 0.05) is 31.9 Å². The van der Waals surface area contributed by atoms with Crippen molar-refractivity contribution in [3.63, 3.8) is 0 Å². The molecule has 0 spiro atoms. The van der Waals surface area contributed by atoms with Crippen LogP contribution in [0.25, 0.3) is 0 Å². The van der Waals surface area contributed by atoms with Crippen LogP contribution in [-0.4, -0.2) is 62.2 Å². The Hall–Kier alpha value is -0.670. The summed E-state index contributed by atoms with van der Waals surface area (Å²) in [4.78, 5) is 6.94. The van der Waals surface area contributed by atoms with Crippen LogP contribution in [-0.2, 0) is 6.54 Å². The number of guanidine groups is 1. The Morgan fingerprint density at radius 2 is 1.86 bits per heavy atom. The number of piperidine rings is 1. The summed E-state index contributed by atoms with van der Waals surface area (Å²) in [6.07, 6.45) is 5.19. The topological polar surface area (TPSA) is 48.9 Å². The van der Waals surface area contributed by atoms with Crippen molar-refractivity contribution in [2.45, 2.75) is 37.5 Å². The second kappa shape index (κ2) is 12.8. The SMILES string of the molecule is CN=C(NCC1CCN(Cc2ccc(OC)cc2)CC1)NCC1CCCS1.I. The molecule has 2 heterocycles. The smallest absolute Gasteiger partial charge is 0.191 e. The molecular formula is C21H35IN4OS. The summed E-state index contributed by atoms with van der Waals surface area (Å²) in [7, 11) is 3.58. The number of hydrogen-bond donors (Lipinski definition) is 2. The highest BCUT2D eigenvalue weighted by molar-refractivity contribution is 14.0. The van der Waals surface area contributed by atoms with Gasteiger partial charge >= 0.3 is 0 Å². The first-order valence-corrected chi connectivity index (χ1v) is 11.2. The molecule has 1 atom stereocenters. The summed E-state index contributed by atoms with van der Waals surface area (Å²) >= 11 is 2.09. The molecular weight excluding hydrogens is 483 g/mol. The van der Waals surface area contributed by atoms with Crippen LogP contribution in [0, 0.1) is 5.92 Å². The van der Waals surface area contributed by atoms with Gasteiger partial charge in [-0.3, -0.25) is 9.89 Å². The summed E-state index contributed by atoms with van der Waals surface area (Å²) in [6.45, 7) is 5.43. The third kappa shape index (κ3) is 7.63. The van der Waals surface area contributed by atoms with E-state index in [-0.39, 0.29) is 24.0 Å². The van der Waals surface area contributed by atoms with Crippen molar-refractivity contribution in [2.75, 3.05) is 46.1 Å². The summed E-state index contributed by atoms with van der Waals surface area (Å²) in [5.41, 5.74) is 1.36. The average Bonchev–Trinajstić information content (AvgIpc) is 3.23. The Bertz CT molecular complexity index is 585. The van der Waals surface area contributed by atoms with E-state index in [2.05, 4.69) is 56.6 Å². The Kier molecular flexibility index (Phi) is 10.8. The molecule has 0 saturated carbocycles. The van der Waals surface area contributed by atoms with Gasteiger partial charge in [0.2, 0.25) is 0 Å². The molecule has 28 heavy (non-hydrogen) atoms. The Morgan fingerprint density at radius 3 is 2.46 bits per heavy atom. The molecule has 2 saturated heterocycles. The van der Waals surface area contributed by atoms with Crippen molar-refractivity contribution >= 4 is 41.7 Å². The van der Waals surface area contributed by atoms with Gasteiger partial charge in [-0.05, 0) is 68.1 Å². The van der Waals surface area contributed by atoms with E-state index in [1.54, 1.807) is 7.11 Å². The monoisotopic (exact) mass is 518 g/mol. The van der Waals surface area contributed by atoms with E-state index in [0.29, 0.717) is 0 Å². The van der Waals surface area contributed by atoms with Gasteiger partial charge in [-0.2, -0.15) is 11.8 Å². The van der Waals surface area contributed by atoms with E-state index >= 15 is 0 Å². The van der Waals surface area contributed by atoms with Crippen LogP contribution in [0.2, 0.25) is 0 Å². The lowest BCUT2D eigenvalue weighted by atomic mass is 9.96. The van der Waals surface area contributed by atoms with E-state index in [0.717, 1.165) is 42.5 Å². The van der Waals surface area contributed by atoms with Gasteiger partial charge in [0.25, 0.3) is 0 Å². The fourth-order valence-corrected chi connectivity index (χ4v) is 5.02. The first kappa shape index (κ1) is 23.6. The van der Waals surface area contributed by atoms with Crippen LogP contribution in [0.15, 0.2) is 29.3 Å². The normalized spacial score (nSPS) is 21.2. The molecule has 2 fully saturated rings. The quantitative estimate of drug-likeness (QED) is 0.329. The highest BCUT2D eigenvalue weighted by atomic mass is 127. The first-order valence-electron chi connectivity index (χ1n) is 10.2. The Morgan fingerprint density at radius 1 is 1.14 bits per heavy atom. The van der Waals surface area contributed by atoms with E-state index in [4.69, 9.17) is 4.74 Å². The molecule has 1 aromatic rings. The molecule has 2 N–H and O–H groups in total. The van der Waals surface area contributed by atoms with Gasteiger partial charge in [0.1, 0.15) is 5.75 Å². The van der Waals surface area contributed by atoms with E-state index in [1.165, 1.54) is 50.1 Å². The average molecular weight is 519 g/mol. The van der Waals surface area contributed by atoms with E-state index in [1.807, 2.05) is 7.05 Å². The molecule has 0 radical (unpaired) electrons. The zero-order chi connectivity index (χ0) is 18.9. The maximum atomic E-state index is 5.24. The van der Waals surface area contributed by atoms with Gasteiger partial charge in [-0.15, -0.1) is 24.0 Å². The standard InChI is InChI=1S/C21H34N4OS.HI/c1-22-21(24-15-20-4-3-13-27-20)23-14-17-9-11-25(12-10-17)16-18-5-7-19(26-2)8-6-18;/h5-8,17,20H,3-4,9-16H2,1-2H3,(H2,22,23,24);1H. The highest BCUT2D eigenvalue weighted by Gasteiger charge is 2.20. The van der Waals surface area contributed by atoms with Crippen molar-refractivity contribution in [3.8, 4) is 5.75 Å².